The fraction of sp³-hybridized carbons (Fsp3) is 1.00. The summed E-state index contributed by atoms with van der Waals surface area (Å²) in [6.45, 7) is 9.71. The Labute approximate surface area is 115 Å². The van der Waals surface area contributed by atoms with Gasteiger partial charge in [0.2, 0.25) is 0 Å². The van der Waals surface area contributed by atoms with Crippen molar-refractivity contribution in [3.05, 3.63) is 5.32 Å². The molecule has 0 rings (SSSR count). The van der Waals surface area contributed by atoms with E-state index < -0.39 is 0 Å². The van der Waals surface area contributed by atoms with Gasteiger partial charge in [0.25, 0.3) is 0 Å². The zero-order chi connectivity index (χ0) is 8.41. The maximum atomic E-state index is 3.93. The standard InChI is InChI=1S/C5H12N.C4H10.K/c1-3-4-5-6-2;1-4(2)3;/h3-5H2,1-2H3;4H,1-3H3;/q-1;;+1. The summed E-state index contributed by atoms with van der Waals surface area (Å²) in [5.41, 5.74) is 0. The van der Waals surface area contributed by atoms with E-state index in [-0.39, 0.29) is 51.4 Å². The van der Waals surface area contributed by atoms with Gasteiger partial charge in [-0.25, -0.2) is 0 Å². The number of unbranched alkanes of at least 4 members (excludes halogenated alkanes) is 1. The first-order chi connectivity index (χ1) is 4.65. The van der Waals surface area contributed by atoms with Crippen molar-refractivity contribution in [2.75, 3.05) is 13.6 Å². The summed E-state index contributed by atoms with van der Waals surface area (Å²) in [4.78, 5) is 0. The first-order valence-electron chi connectivity index (χ1n) is 4.20. The van der Waals surface area contributed by atoms with Crippen molar-refractivity contribution in [2.45, 2.75) is 40.5 Å². The fourth-order valence-corrected chi connectivity index (χ4v) is 0.316. The van der Waals surface area contributed by atoms with E-state index in [1.165, 1.54) is 12.8 Å². The van der Waals surface area contributed by atoms with Crippen LogP contribution in [0.15, 0.2) is 0 Å². The smallest absolute Gasteiger partial charge is 0.665 e. The minimum atomic E-state index is 0. The first kappa shape index (κ1) is 18.4. The van der Waals surface area contributed by atoms with Gasteiger partial charge in [-0.05, 0) is 5.92 Å². The van der Waals surface area contributed by atoms with Crippen molar-refractivity contribution in [1.82, 2.24) is 0 Å². The fourth-order valence-electron chi connectivity index (χ4n) is 0.316. The van der Waals surface area contributed by atoms with Gasteiger partial charge < -0.3 is 5.32 Å². The molecule has 0 aliphatic carbocycles. The summed E-state index contributed by atoms with van der Waals surface area (Å²) in [6.07, 6.45) is 2.51. The molecule has 0 aliphatic heterocycles. The molecule has 0 saturated carbocycles. The zero-order valence-electron chi connectivity index (χ0n) is 9.15. The summed E-state index contributed by atoms with van der Waals surface area (Å²) >= 11 is 0. The summed E-state index contributed by atoms with van der Waals surface area (Å²) in [5.74, 6) is 0.833. The van der Waals surface area contributed by atoms with Gasteiger partial charge in [0, 0.05) is 0 Å². The molecule has 0 aromatic rings. The summed E-state index contributed by atoms with van der Waals surface area (Å²) in [7, 11) is 1.86. The van der Waals surface area contributed by atoms with Crippen LogP contribution in [0.1, 0.15) is 40.5 Å². The Hall–Kier alpha value is 1.60. The van der Waals surface area contributed by atoms with Crippen molar-refractivity contribution in [1.29, 1.82) is 0 Å². The molecular formula is C9H22KN. The van der Waals surface area contributed by atoms with Crippen LogP contribution < -0.4 is 51.4 Å². The largest absolute Gasteiger partial charge is 1.00 e. The van der Waals surface area contributed by atoms with Crippen molar-refractivity contribution in [3.8, 4) is 0 Å². The number of nitrogens with zero attached hydrogens (tertiary/aromatic N) is 1. The maximum Gasteiger partial charge on any atom is 1.00 e. The molecule has 0 unspecified atom stereocenters. The van der Waals surface area contributed by atoms with Gasteiger partial charge in [-0.3, -0.25) is 0 Å². The third-order valence-corrected chi connectivity index (χ3v) is 0.735. The Morgan fingerprint density at radius 1 is 1.18 bits per heavy atom. The third-order valence-electron chi connectivity index (χ3n) is 0.735. The van der Waals surface area contributed by atoms with Gasteiger partial charge in [0.1, 0.15) is 0 Å². The number of hydrogen-bond donors (Lipinski definition) is 0. The average molecular weight is 183 g/mol. The second kappa shape index (κ2) is 17.6. The minimum absolute atomic E-state index is 0. The quantitative estimate of drug-likeness (QED) is 0.446. The molecule has 0 amide bonds. The average Bonchev–Trinajstić information content (AvgIpc) is 1.82. The molecule has 0 saturated heterocycles. The maximum absolute atomic E-state index is 3.93. The van der Waals surface area contributed by atoms with Crippen molar-refractivity contribution in [3.63, 3.8) is 0 Å². The molecule has 0 radical (unpaired) electrons. The normalized spacial score (nSPS) is 8.18. The second-order valence-corrected chi connectivity index (χ2v) is 3.13. The predicted molar refractivity (Wildman–Crippen MR) is 49.6 cm³/mol. The molecule has 0 spiro atoms. The summed E-state index contributed by atoms with van der Waals surface area (Å²) in [5, 5.41) is 3.93. The molecule has 11 heavy (non-hydrogen) atoms. The second-order valence-electron chi connectivity index (χ2n) is 3.13. The Bertz CT molecular complexity index is 40.1. The minimum Gasteiger partial charge on any atom is -0.665 e. The van der Waals surface area contributed by atoms with E-state index >= 15 is 0 Å². The van der Waals surface area contributed by atoms with Crippen LogP contribution in [0.4, 0.5) is 0 Å². The van der Waals surface area contributed by atoms with E-state index in [1.54, 1.807) is 0 Å². The van der Waals surface area contributed by atoms with E-state index in [0.29, 0.717) is 0 Å². The Morgan fingerprint density at radius 3 is 1.64 bits per heavy atom. The van der Waals surface area contributed by atoms with Gasteiger partial charge in [0.05, 0.1) is 0 Å². The van der Waals surface area contributed by atoms with Crippen molar-refractivity contribution >= 4 is 0 Å². The molecule has 2 heteroatoms. The molecule has 0 bridgehead atoms. The van der Waals surface area contributed by atoms with E-state index in [4.69, 9.17) is 0 Å². The molecule has 0 aromatic heterocycles. The van der Waals surface area contributed by atoms with Crippen LogP contribution in [0.2, 0.25) is 0 Å². The topological polar surface area (TPSA) is 14.1 Å². The van der Waals surface area contributed by atoms with E-state index in [2.05, 4.69) is 33.0 Å². The van der Waals surface area contributed by atoms with Crippen LogP contribution >= 0.6 is 0 Å². The van der Waals surface area contributed by atoms with Crippen molar-refractivity contribution in [2.24, 2.45) is 5.92 Å². The SMILES string of the molecule is CC(C)C.CCCC[N-]C.[K+]. The molecule has 0 atom stereocenters. The first-order valence-corrected chi connectivity index (χ1v) is 4.20. The van der Waals surface area contributed by atoms with Crippen LogP contribution in [-0.4, -0.2) is 13.6 Å². The molecule has 0 heterocycles. The molecule has 64 valence electrons. The van der Waals surface area contributed by atoms with Gasteiger partial charge in [-0.15, -0.1) is 6.54 Å². The van der Waals surface area contributed by atoms with Gasteiger partial charge >= 0.3 is 51.4 Å². The number of rotatable bonds is 3. The molecule has 0 fully saturated rings. The van der Waals surface area contributed by atoms with Gasteiger partial charge in [-0.2, -0.15) is 7.05 Å². The van der Waals surface area contributed by atoms with Gasteiger partial charge in [-0.1, -0.05) is 40.5 Å². The Morgan fingerprint density at radius 2 is 1.55 bits per heavy atom. The van der Waals surface area contributed by atoms with Crippen LogP contribution in [0, 0.1) is 5.92 Å². The molecule has 0 aliphatic rings. The zero-order valence-corrected chi connectivity index (χ0v) is 12.3. The molecule has 0 N–H and O–H groups in total. The van der Waals surface area contributed by atoms with E-state index in [0.717, 1.165) is 12.5 Å². The monoisotopic (exact) mass is 183 g/mol. The van der Waals surface area contributed by atoms with Crippen LogP contribution in [0.3, 0.4) is 0 Å². The number of hydrogen-bond acceptors (Lipinski definition) is 0. The molecular weight excluding hydrogens is 161 g/mol. The van der Waals surface area contributed by atoms with E-state index in [9.17, 15) is 0 Å². The van der Waals surface area contributed by atoms with Crippen LogP contribution in [0.5, 0.6) is 0 Å². The molecule has 1 nitrogen and oxygen atoms in total. The third kappa shape index (κ3) is 50.5. The Balaban J connectivity index is -0.000000114. The van der Waals surface area contributed by atoms with Gasteiger partial charge in [0.15, 0.2) is 0 Å². The van der Waals surface area contributed by atoms with Crippen molar-refractivity contribution < 1.29 is 51.4 Å². The predicted octanol–water partition coefficient (Wildman–Crippen LogP) is 0.456. The van der Waals surface area contributed by atoms with Crippen LogP contribution in [-0.2, 0) is 0 Å². The molecule has 0 aromatic carbocycles. The Kier molecular flexibility index (Phi) is 29.5. The van der Waals surface area contributed by atoms with E-state index in [1.807, 2.05) is 7.05 Å². The van der Waals surface area contributed by atoms with Crippen LogP contribution in [0.25, 0.3) is 5.32 Å². The summed E-state index contributed by atoms with van der Waals surface area (Å²) < 4.78 is 0. The summed E-state index contributed by atoms with van der Waals surface area (Å²) in [6, 6.07) is 0.